The molecule has 0 bridgehead atoms. The van der Waals surface area contributed by atoms with Crippen molar-refractivity contribution in [2.45, 2.75) is 26.2 Å². The minimum atomic E-state index is -0.428. The molecule has 0 aliphatic rings. The van der Waals surface area contributed by atoms with Crippen LogP contribution in [0.15, 0.2) is 48.5 Å². The number of carbonyl (C=O) groups excluding carboxylic acids is 2. The summed E-state index contributed by atoms with van der Waals surface area (Å²) in [5, 5.41) is 2.83. The second kappa shape index (κ2) is 6.89. The number of amides is 2. The van der Waals surface area contributed by atoms with E-state index in [0.717, 1.165) is 0 Å². The molecule has 3 N–H and O–H groups in total. The number of nitrogens with two attached hydrogens (primary N) is 1. The van der Waals surface area contributed by atoms with Crippen LogP contribution in [0.2, 0.25) is 0 Å². The van der Waals surface area contributed by atoms with Gasteiger partial charge in [0, 0.05) is 11.3 Å². The van der Waals surface area contributed by atoms with Gasteiger partial charge in [0.25, 0.3) is 5.91 Å². The van der Waals surface area contributed by atoms with Crippen molar-refractivity contribution < 1.29 is 9.59 Å². The highest BCUT2D eigenvalue weighted by molar-refractivity contribution is 6.04. The van der Waals surface area contributed by atoms with E-state index in [1.165, 1.54) is 5.56 Å². The molecule has 114 valence electrons. The number of hydrogen-bond acceptors (Lipinski definition) is 2. The van der Waals surface area contributed by atoms with Crippen LogP contribution in [0.4, 0.5) is 5.69 Å². The lowest BCUT2D eigenvalue weighted by atomic mass is 10.0. The second-order valence-corrected chi connectivity index (χ2v) is 5.53. The SMILES string of the molecule is CC(C)c1ccc(C(=O)Nc2ccccc2CC(N)=O)cc1. The molecule has 0 spiro atoms. The summed E-state index contributed by atoms with van der Waals surface area (Å²) in [6, 6.07) is 14.7. The van der Waals surface area contributed by atoms with Gasteiger partial charge in [-0.1, -0.05) is 44.2 Å². The molecular weight excluding hydrogens is 276 g/mol. The summed E-state index contributed by atoms with van der Waals surface area (Å²) >= 11 is 0. The molecule has 4 nitrogen and oxygen atoms in total. The van der Waals surface area contributed by atoms with Crippen LogP contribution in [0.3, 0.4) is 0 Å². The Morgan fingerprint density at radius 2 is 1.68 bits per heavy atom. The highest BCUT2D eigenvalue weighted by Crippen LogP contribution is 2.18. The molecule has 2 amide bonds. The minimum absolute atomic E-state index is 0.0999. The fraction of sp³-hybridized carbons (Fsp3) is 0.222. The maximum absolute atomic E-state index is 12.3. The second-order valence-electron chi connectivity index (χ2n) is 5.53. The van der Waals surface area contributed by atoms with E-state index >= 15 is 0 Å². The van der Waals surface area contributed by atoms with Crippen LogP contribution < -0.4 is 11.1 Å². The van der Waals surface area contributed by atoms with Crippen molar-refractivity contribution in [2.24, 2.45) is 5.73 Å². The number of para-hydroxylation sites is 1. The van der Waals surface area contributed by atoms with E-state index in [1.54, 1.807) is 24.3 Å². The first-order valence-electron chi connectivity index (χ1n) is 7.25. The third kappa shape index (κ3) is 3.95. The molecule has 0 unspecified atom stereocenters. The smallest absolute Gasteiger partial charge is 0.255 e. The summed E-state index contributed by atoms with van der Waals surface area (Å²) in [4.78, 5) is 23.4. The van der Waals surface area contributed by atoms with Crippen molar-refractivity contribution >= 4 is 17.5 Å². The van der Waals surface area contributed by atoms with E-state index in [2.05, 4.69) is 19.2 Å². The van der Waals surface area contributed by atoms with Gasteiger partial charge in [0.1, 0.15) is 0 Å². The summed E-state index contributed by atoms with van der Waals surface area (Å²) in [5.41, 5.74) is 8.32. The molecule has 0 radical (unpaired) electrons. The fourth-order valence-electron chi connectivity index (χ4n) is 2.20. The molecular formula is C18H20N2O2. The van der Waals surface area contributed by atoms with E-state index in [-0.39, 0.29) is 12.3 Å². The summed E-state index contributed by atoms with van der Waals surface area (Å²) < 4.78 is 0. The Labute approximate surface area is 130 Å². The molecule has 0 fully saturated rings. The molecule has 0 atom stereocenters. The number of anilines is 1. The van der Waals surface area contributed by atoms with Crippen LogP contribution in [0, 0.1) is 0 Å². The quantitative estimate of drug-likeness (QED) is 0.890. The van der Waals surface area contributed by atoms with Gasteiger partial charge in [-0.05, 0) is 35.2 Å². The minimum Gasteiger partial charge on any atom is -0.369 e. The van der Waals surface area contributed by atoms with Gasteiger partial charge in [-0.25, -0.2) is 0 Å². The maximum Gasteiger partial charge on any atom is 0.255 e. The number of hydrogen-bond donors (Lipinski definition) is 2. The molecule has 0 heterocycles. The van der Waals surface area contributed by atoms with Crippen molar-refractivity contribution in [2.75, 3.05) is 5.32 Å². The summed E-state index contributed by atoms with van der Waals surface area (Å²) in [7, 11) is 0. The van der Waals surface area contributed by atoms with E-state index in [1.807, 2.05) is 24.3 Å². The zero-order valence-corrected chi connectivity index (χ0v) is 12.8. The summed E-state index contributed by atoms with van der Waals surface area (Å²) in [6.07, 6.45) is 0.0999. The first-order valence-corrected chi connectivity index (χ1v) is 7.25. The number of rotatable bonds is 5. The lowest BCUT2D eigenvalue weighted by Gasteiger charge is -2.11. The van der Waals surface area contributed by atoms with E-state index < -0.39 is 5.91 Å². The van der Waals surface area contributed by atoms with Crippen LogP contribution in [0.5, 0.6) is 0 Å². The Bertz CT molecular complexity index is 676. The lowest BCUT2D eigenvalue weighted by Crippen LogP contribution is -2.17. The van der Waals surface area contributed by atoms with Crippen LogP contribution in [0.25, 0.3) is 0 Å². The molecule has 0 aromatic heterocycles. The lowest BCUT2D eigenvalue weighted by molar-refractivity contribution is -0.117. The van der Waals surface area contributed by atoms with Gasteiger partial charge in [0.05, 0.1) is 6.42 Å². The molecule has 0 saturated carbocycles. The highest BCUT2D eigenvalue weighted by Gasteiger charge is 2.10. The monoisotopic (exact) mass is 296 g/mol. The molecule has 2 aromatic rings. The van der Waals surface area contributed by atoms with Crippen LogP contribution in [-0.4, -0.2) is 11.8 Å². The average molecular weight is 296 g/mol. The summed E-state index contributed by atoms with van der Waals surface area (Å²) in [5.74, 6) is -0.205. The predicted octanol–water partition coefficient (Wildman–Crippen LogP) is 3.09. The van der Waals surface area contributed by atoms with Gasteiger partial charge in [-0.3, -0.25) is 9.59 Å². The third-order valence-electron chi connectivity index (χ3n) is 3.47. The van der Waals surface area contributed by atoms with Gasteiger partial charge in [0.2, 0.25) is 5.91 Å². The normalized spacial score (nSPS) is 10.5. The Hall–Kier alpha value is -2.62. The Balaban J connectivity index is 2.16. The molecule has 2 aromatic carbocycles. The van der Waals surface area contributed by atoms with Crippen LogP contribution >= 0.6 is 0 Å². The number of nitrogens with one attached hydrogen (secondary N) is 1. The number of primary amides is 1. The third-order valence-corrected chi connectivity index (χ3v) is 3.47. The zero-order valence-electron chi connectivity index (χ0n) is 12.8. The fourth-order valence-corrected chi connectivity index (χ4v) is 2.20. The topological polar surface area (TPSA) is 72.2 Å². The predicted molar refractivity (Wildman–Crippen MR) is 87.8 cm³/mol. The van der Waals surface area contributed by atoms with Crippen molar-refractivity contribution in [3.8, 4) is 0 Å². The van der Waals surface area contributed by atoms with Gasteiger partial charge >= 0.3 is 0 Å². The highest BCUT2D eigenvalue weighted by atomic mass is 16.2. The molecule has 4 heteroatoms. The molecule has 2 rings (SSSR count). The van der Waals surface area contributed by atoms with Crippen molar-refractivity contribution in [3.63, 3.8) is 0 Å². The van der Waals surface area contributed by atoms with Crippen molar-refractivity contribution in [1.29, 1.82) is 0 Å². The summed E-state index contributed by atoms with van der Waals surface area (Å²) in [6.45, 7) is 4.21. The first-order chi connectivity index (χ1) is 10.5. The van der Waals surface area contributed by atoms with Crippen LogP contribution in [0.1, 0.15) is 41.3 Å². The average Bonchev–Trinajstić information content (AvgIpc) is 2.48. The standard InChI is InChI=1S/C18H20N2O2/c1-12(2)13-7-9-14(10-8-13)18(22)20-16-6-4-3-5-15(16)11-17(19)21/h3-10,12H,11H2,1-2H3,(H2,19,21)(H,20,22). The van der Waals surface area contributed by atoms with E-state index in [4.69, 9.17) is 5.73 Å². The molecule has 0 aliphatic heterocycles. The van der Waals surface area contributed by atoms with Crippen molar-refractivity contribution in [3.05, 3.63) is 65.2 Å². The molecule has 22 heavy (non-hydrogen) atoms. The van der Waals surface area contributed by atoms with Gasteiger partial charge < -0.3 is 11.1 Å². The molecule has 0 aliphatic carbocycles. The first kappa shape index (κ1) is 15.8. The van der Waals surface area contributed by atoms with Gasteiger partial charge in [-0.2, -0.15) is 0 Å². The number of benzene rings is 2. The Morgan fingerprint density at radius 3 is 2.27 bits per heavy atom. The van der Waals surface area contributed by atoms with Crippen molar-refractivity contribution in [1.82, 2.24) is 0 Å². The van der Waals surface area contributed by atoms with Crippen LogP contribution in [-0.2, 0) is 11.2 Å². The Kier molecular flexibility index (Phi) is 4.94. The van der Waals surface area contributed by atoms with Gasteiger partial charge in [-0.15, -0.1) is 0 Å². The largest absolute Gasteiger partial charge is 0.369 e. The van der Waals surface area contributed by atoms with E-state index in [0.29, 0.717) is 22.7 Å². The Morgan fingerprint density at radius 1 is 1.05 bits per heavy atom. The molecule has 0 saturated heterocycles. The van der Waals surface area contributed by atoms with Gasteiger partial charge in [0.15, 0.2) is 0 Å². The van der Waals surface area contributed by atoms with E-state index in [9.17, 15) is 9.59 Å². The number of carbonyl (C=O) groups is 2. The maximum atomic E-state index is 12.3. The zero-order chi connectivity index (χ0) is 16.1.